The van der Waals surface area contributed by atoms with Gasteiger partial charge in [0.1, 0.15) is 0 Å². The fourth-order valence-electron chi connectivity index (χ4n) is 1.95. The first-order chi connectivity index (χ1) is 8.34. The lowest BCUT2D eigenvalue weighted by Crippen LogP contribution is -1.83. The Bertz CT molecular complexity index is 671. The molecule has 0 heterocycles. The maximum atomic E-state index is 3.48. The second-order valence-corrected chi connectivity index (χ2v) is 5.10. The van der Waals surface area contributed by atoms with Crippen LogP contribution in [0.3, 0.4) is 0 Å². The molecule has 0 unspecified atom stereocenters. The first-order valence-corrected chi connectivity index (χ1v) is 6.58. The van der Waals surface area contributed by atoms with Crippen molar-refractivity contribution in [2.24, 2.45) is 0 Å². The van der Waals surface area contributed by atoms with Crippen molar-refractivity contribution in [2.45, 2.75) is 0 Å². The molecule has 0 fully saturated rings. The molecule has 1 radical (unpaired) electrons. The van der Waals surface area contributed by atoms with Crippen LogP contribution in [-0.2, 0) is 0 Å². The van der Waals surface area contributed by atoms with Crippen molar-refractivity contribution in [2.75, 3.05) is 0 Å². The molecule has 0 amide bonds. The van der Waals surface area contributed by atoms with Gasteiger partial charge in [0.25, 0.3) is 0 Å². The lowest BCUT2D eigenvalue weighted by molar-refractivity contribution is 1.59. The number of hydrogen-bond acceptors (Lipinski definition) is 0. The summed E-state index contributed by atoms with van der Waals surface area (Å²) in [6.07, 6.45) is 0. The molecule has 3 rings (SSSR count). The van der Waals surface area contributed by atoms with Crippen molar-refractivity contribution in [3.05, 3.63) is 70.3 Å². The largest absolute Gasteiger partial charge is 0.0616 e. The predicted octanol–water partition coefficient (Wildman–Crippen LogP) is 4.91. The Balaban J connectivity index is 2.22. The molecular formula is C16H10I. The van der Waals surface area contributed by atoms with Crippen LogP contribution in [0.25, 0.3) is 21.9 Å². The van der Waals surface area contributed by atoms with Gasteiger partial charge in [-0.05, 0) is 56.6 Å². The molecule has 0 bridgehead atoms. The average molecular weight is 329 g/mol. The Kier molecular flexibility index (Phi) is 2.85. The topological polar surface area (TPSA) is 0 Å². The summed E-state index contributed by atoms with van der Waals surface area (Å²) in [6, 6.07) is 24.5. The summed E-state index contributed by atoms with van der Waals surface area (Å²) in [5, 5.41) is 2.41. The molecule has 3 aromatic rings. The van der Waals surface area contributed by atoms with Crippen LogP contribution >= 0.6 is 22.6 Å². The minimum atomic E-state index is 1.16. The van der Waals surface area contributed by atoms with E-state index in [1.165, 1.54) is 19.9 Å². The predicted molar refractivity (Wildman–Crippen MR) is 80.9 cm³/mol. The Morgan fingerprint density at radius 2 is 1.53 bits per heavy atom. The van der Waals surface area contributed by atoms with Gasteiger partial charge in [0.05, 0.1) is 0 Å². The normalized spacial score (nSPS) is 10.6. The Morgan fingerprint density at radius 3 is 2.41 bits per heavy atom. The molecule has 0 spiro atoms. The van der Waals surface area contributed by atoms with Gasteiger partial charge in [0.15, 0.2) is 0 Å². The maximum absolute atomic E-state index is 3.48. The molecule has 0 N–H and O–H groups in total. The van der Waals surface area contributed by atoms with Crippen LogP contribution in [0.2, 0.25) is 0 Å². The summed E-state index contributed by atoms with van der Waals surface area (Å²) < 4.78 is 1.26. The summed E-state index contributed by atoms with van der Waals surface area (Å²) in [4.78, 5) is 0. The number of halogens is 1. The molecule has 0 nitrogen and oxygen atoms in total. The van der Waals surface area contributed by atoms with Crippen molar-refractivity contribution in [3.63, 3.8) is 0 Å². The molecule has 0 aliphatic heterocycles. The summed E-state index contributed by atoms with van der Waals surface area (Å²) in [5.41, 5.74) is 2.41. The molecule has 17 heavy (non-hydrogen) atoms. The van der Waals surface area contributed by atoms with Crippen molar-refractivity contribution < 1.29 is 0 Å². The van der Waals surface area contributed by atoms with E-state index < -0.39 is 0 Å². The van der Waals surface area contributed by atoms with Crippen LogP contribution in [-0.4, -0.2) is 0 Å². The van der Waals surface area contributed by atoms with E-state index in [1.54, 1.807) is 0 Å². The van der Waals surface area contributed by atoms with Gasteiger partial charge in [0.2, 0.25) is 0 Å². The highest BCUT2D eigenvalue weighted by molar-refractivity contribution is 14.1. The number of fused-ring (bicyclic) bond motifs is 1. The smallest absolute Gasteiger partial charge is 0.0209 e. The van der Waals surface area contributed by atoms with Gasteiger partial charge in [0, 0.05) is 3.57 Å². The van der Waals surface area contributed by atoms with Gasteiger partial charge in [-0.15, -0.1) is 0 Å². The highest BCUT2D eigenvalue weighted by Gasteiger charge is 2.03. The zero-order valence-corrected chi connectivity index (χ0v) is 11.3. The van der Waals surface area contributed by atoms with E-state index in [4.69, 9.17) is 0 Å². The van der Waals surface area contributed by atoms with E-state index >= 15 is 0 Å². The monoisotopic (exact) mass is 329 g/mol. The molecule has 0 saturated heterocycles. The molecular weight excluding hydrogens is 319 g/mol. The Morgan fingerprint density at radius 1 is 0.765 bits per heavy atom. The number of rotatable bonds is 1. The van der Waals surface area contributed by atoms with Crippen molar-refractivity contribution in [1.82, 2.24) is 0 Å². The van der Waals surface area contributed by atoms with E-state index in [9.17, 15) is 0 Å². The standard InChI is InChI=1S/C16H10I/c17-16-8-4-3-7-15(16)14-10-9-12-5-1-2-6-13(12)11-14/h1-10H. The Labute approximate surface area is 114 Å². The third kappa shape index (κ3) is 2.07. The SMILES string of the molecule is Ic1ccccc1-c1[c]c2ccccc2cc1. The van der Waals surface area contributed by atoms with E-state index in [0.29, 0.717) is 0 Å². The van der Waals surface area contributed by atoms with Crippen molar-refractivity contribution in [1.29, 1.82) is 0 Å². The van der Waals surface area contributed by atoms with Crippen LogP contribution in [0.1, 0.15) is 0 Å². The lowest BCUT2D eigenvalue weighted by atomic mass is 10.0. The third-order valence-electron chi connectivity index (χ3n) is 2.82. The maximum Gasteiger partial charge on any atom is 0.0209 e. The van der Waals surface area contributed by atoms with E-state index in [2.05, 4.69) is 89.3 Å². The fourth-order valence-corrected chi connectivity index (χ4v) is 2.63. The second kappa shape index (κ2) is 4.49. The summed E-state index contributed by atoms with van der Waals surface area (Å²) in [6.45, 7) is 0. The van der Waals surface area contributed by atoms with Crippen LogP contribution in [0.4, 0.5) is 0 Å². The number of hydrogen-bond donors (Lipinski definition) is 0. The van der Waals surface area contributed by atoms with Gasteiger partial charge in [-0.25, -0.2) is 0 Å². The molecule has 3 aromatic carbocycles. The van der Waals surface area contributed by atoms with Gasteiger partial charge >= 0.3 is 0 Å². The van der Waals surface area contributed by atoms with Crippen LogP contribution < -0.4 is 0 Å². The van der Waals surface area contributed by atoms with Gasteiger partial charge in [-0.3, -0.25) is 0 Å². The number of benzene rings is 3. The highest BCUT2D eigenvalue weighted by atomic mass is 127. The van der Waals surface area contributed by atoms with Gasteiger partial charge < -0.3 is 0 Å². The lowest BCUT2D eigenvalue weighted by Gasteiger charge is -2.05. The molecule has 0 saturated carbocycles. The van der Waals surface area contributed by atoms with E-state index in [-0.39, 0.29) is 0 Å². The minimum Gasteiger partial charge on any atom is -0.0616 e. The second-order valence-electron chi connectivity index (χ2n) is 3.94. The quantitative estimate of drug-likeness (QED) is 0.557. The van der Waals surface area contributed by atoms with Crippen molar-refractivity contribution >= 4 is 33.4 Å². The minimum absolute atomic E-state index is 1.16. The van der Waals surface area contributed by atoms with Crippen LogP contribution in [0.15, 0.2) is 60.7 Å². The molecule has 0 aliphatic carbocycles. The zero-order chi connectivity index (χ0) is 11.7. The third-order valence-corrected chi connectivity index (χ3v) is 3.76. The first kappa shape index (κ1) is 10.8. The van der Waals surface area contributed by atoms with E-state index in [0.717, 1.165) is 5.56 Å². The summed E-state index contributed by atoms with van der Waals surface area (Å²) in [7, 11) is 0. The van der Waals surface area contributed by atoms with Gasteiger partial charge in [-0.2, -0.15) is 0 Å². The molecule has 0 aromatic heterocycles. The molecule has 81 valence electrons. The van der Waals surface area contributed by atoms with Crippen LogP contribution in [0.5, 0.6) is 0 Å². The molecule has 1 heteroatoms. The highest BCUT2D eigenvalue weighted by Crippen LogP contribution is 2.27. The molecule has 0 aliphatic rings. The van der Waals surface area contributed by atoms with E-state index in [1.807, 2.05) is 0 Å². The fraction of sp³-hybridized carbons (Fsp3) is 0. The summed E-state index contributed by atoms with van der Waals surface area (Å²) in [5.74, 6) is 0. The summed E-state index contributed by atoms with van der Waals surface area (Å²) >= 11 is 2.37. The van der Waals surface area contributed by atoms with Gasteiger partial charge in [-0.1, -0.05) is 54.6 Å². The average Bonchev–Trinajstić information content (AvgIpc) is 2.39. The first-order valence-electron chi connectivity index (χ1n) is 5.50. The molecule has 0 atom stereocenters. The van der Waals surface area contributed by atoms with Crippen molar-refractivity contribution in [3.8, 4) is 11.1 Å². The Hall–Kier alpha value is -1.35. The van der Waals surface area contributed by atoms with Crippen LogP contribution in [0, 0.1) is 9.64 Å². The zero-order valence-electron chi connectivity index (χ0n) is 9.15.